The largest absolute Gasteiger partial charge is 0.481 e. The number of carbonyl (C=O) groups excluding carboxylic acids is 1. The molecule has 0 saturated carbocycles. The second-order valence-electron chi connectivity index (χ2n) is 5.58. The third-order valence-electron chi connectivity index (χ3n) is 3.50. The number of hydrogen-bond acceptors (Lipinski definition) is 4. The molecule has 20 heavy (non-hydrogen) atoms. The van der Waals surface area contributed by atoms with Crippen molar-refractivity contribution in [1.29, 1.82) is 0 Å². The lowest BCUT2D eigenvalue weighted by Gasteiger charge is -2.34. The van der Waals surface area contributed by atoms with Crippen molar-refractivity contribution in [1.82, 2.24) is 9.80 Å². The Morgan fingerprint density at radius 1 is 1.45 bits per heavy atom. The Kier molecular flexibility index (Phi) is 6.95. The van der Waals surface area contributed by atoms with Gasteiger partial charge in [-0.25, -0.2) is 0 Å². The molecule has 0 aromatic carbocycles. The summed E-state index contributed by atoms with van der Waals surface area (Å²) in [5, 5.41) is 8.67. The third kappa shape index (κ3) is 5.88. The van der Waals surface area contributed by atoms with E-state index in [1.54, 1.807) is 0 Å². The van der Waals surface area contributed by atoms with Crippen molar-refractivity contribution in [2.45, 2.75) is 45.8 Å². The monoisotopic (exact) mass is 286 g/mol. The van der Waals surface area contributed by atoms with Gasteiger partial charge in [0, 0.05) is 25.6 Å². The Balaban J connectivity index is 2.43. The topological polar surface area (TPSA) is 70.1 Å². The summed E-state index contributed by atoms with van der Waals surface area (Å²) < 4.78 is 5.43. The Bertz CT molecular complexity index is 333. The number of nitrogens with zero attached hydrogens (tertiary/aromatic N) is 2. The first-order valence-corrected chi connectivity index (χ1v) is 7.25. The lowest BCUT2D eigenvalue weighted by atomic mass is 10.2. The minimum atomic E-state index is -0.790. The van der Waals surface area contributed by atoms with Gasteiger partial charge in [-0.1, -0.05) is 0 Å². The van der Waals surface area contributed by atoms with E-state index in [4.69, 9.17) is 9.84 Å². The number of rotatable bonds is 7. The molecule has 0 aromatic rings. The summed E-state index contributed by atoms with van der Waals surface area (Å²) in [4.78, 5) is 26.7. The van der Waals surface area contributed by atoms with Crippen molar-refractivity contribution in [3.8, 4) is 0 Å². The summed E-state index contributed by atoms with van der Waals surface area (Å²) in [6, 6.07) is 0.228. The molecule has 1 rings (SSSR count). The molecule has 1 heterocycles. The molecule has 1 N–H and O–H groups in total. The van der Waals surface area contributed by atoms with E-state index in [2.05, 4.69) is 0 Å². The highest BCUT2D eigenvalue weighted by Gasteiger charge is 2.23. The van der Waals surface area contributed by atoms with Crippen LogP contribution in [-0.4, -0.2) is 71.7 Å². The highest BCUT2D eigenvalue weighted by Crippen LogP contribution is 2.08. The molecular formula is C14H26N2O4. The van der Waals surface area contributed by atoms with Gasteiger partial charge in [-0.15, -0.1) is 0 Å². The summed E-state index contributed by atoms with van der Waals surface area (Å²) in [6.07, 6.45) is 0.805. The highest BCUT2D eigenvalue weighted by molar-refractivity contribution is 5.78. The van der Waals surface area contributed by atoms with E-state index in [9.17, 15) is 9.59 Å². The Labute approximate surface area is 120 Å². The SMILES string of the molecule is CC1CN(C(=O)CN(CCCC(=O)O)C(C)C)CCO1. The molecule has 6 heteroatoms. The minimum absolute atomic E-state index is 0.0900. The molecule has 1 atom stereocenters. The standard InChI is InChI=1S/C14H26N2O4/c1-11(2)15(6-4-5-14(18)19)10-13(17)16-7-8-20-12(3)9-16/h11-12H,4-10H2,1-3H3,(H,18,19). The van der Waals surface area contributed by atoms with Crippen LogP contribution >= 0.6 is 0 Å². The van der Waals surface area contributed by atoms with E-state index in [1.165, 1.54) is 0 Å². The number of hydrogen-bond donors (Lipinski definition) is 1. The van der Waals surface area contributed by atoms with E-state index >= 15 is 0 Å². The number of carboxylic acids is 1. The van der Waals surface area contributed by atoms with Crippen molar-refractivity contribution in [3.05, 3.63) is 0 Å². The van der Waals surface area contributed by atoms with Gasteiger partial charge in [0.15, 0.2) is 0 Å². The lowest BCUT2D eigenvalue weighted by molar-refractivity contribution is -0.139. The smallest absolute Gasteiger partial charge is 0.303 e. The van der Waals surface area contributed by atoms with Gasteiger partial charge in [0.1, 0.15) is 0 Å². The predicted octanol–water partition coefficient (Wildman–Crippen LogP) is 0.809. The molecule has 0 spiro atoms. The third-order valence-corrected chi connectivity index (χ3v) is 3.50. The van der Waals surface area contributed by atoms with Gasteiger partial charge in [0.05, 0.1) is 19.3 Å². The maximum atomic E-state index is 12.3. The van der Waals surface area contributed by atoms with Crippen LogP contribution < -0.4 is 0 Å². The second-order valence-corrected chi connectivity index (χ2v) is 5.58. The van der Waals surface area contributed by atoms with Crippen molar-refractivity contribution < 1.29 is 19.4 Å². The van der Waals surface area contributed by atoms with Crippen molar-refractivity contribution in [3.63, 3.8) is 0 Å². The number of carbonyl (C=O) groups is 2. The fraction of sp³-hybridized carbons (Fsp3) is 0.857. The van der Waals surface area contributed by atoms with Crippen LogP contribution in [0.2, 0.25) is 0 Å². The molecule has 1 aliphatic rings. The Morgan fingerprint density at radius 2 is 2.15 bits per heavy atom. The average molecular weight is 286 g/mol. The maximum absolute atomic E-state index is 12.3. The number of carboxylic acid groups (broad SMARTS) is 1. The first-order valence-electron chi connectivity index (χ1n) is 7.25. The van der Waals surface area contributed by atoms with E-state index < -0.39 is 5.97 Å². The van der Waals surface area contributed by atoms with Gasteiger partial charge < -0.3 is 14.7 Å². The molecule has 0 radical (unpaired) electrons. The fourth-order valence-electron chi connectivity index (χ4n) is 2.27. The van der Waals surface area contributed by atoms with Gasteiger partial charge >= 0.3 is 5.97 Å². The molecular weight excluding hydrogens is 260 g/mol. The number of morpholine rings is 1. The predicted molar refractivity (Wildman–Crippen MR) is 75.6 cm³/mol. The van der Waals surface area contributed by atoms with Crippen molar-refractivity contribution >= 4 is 11.9 Å². The van der Waals surface area contributed by atoms with E-state index in [0.717, 1.165) is 0 Å². The Morgan fingerprint density at radius 3 is 2.70 bits per heavy atom. The van der Waals surface area contributed by atoms with Crippen LogP contribution in [0.15, 0.2) is 0 Å². The van der Waals surface area contributed by atoms with Gasteiger partial charge in [-0.3, -0.25) is 14.5 Å². The molecule has 1 amide bonds. The average Bonchev–Trinajstić information content (AvgIpc) is 2.36. The zero-order valence-electron chi connectivity index (χ0n) is 12.7. The zero-order valence-corrected chi connectivity index (χ0v) is 12.7. The molecule has 1 fully saturated rings. The molecule has 0 bridgehead atoms. The summed E-state index contributed by atoms with van der Waals surface area (Å²) >= 11 is 0. The molecule has 1 aliphatic heterocycles. The van der Waals surface area contributed by atoms with Crippen LogP contribution in [0.5, 0.6) is 0 Å². The first-order chi connectivity index (χ1) is 9.40. The summed E-state index contributed by atoms with van der Waals surface area (Å²) in [6.45, 7) is 8.87. The minimum Gasteiger partial charge on any atom is -0.481 e. The molecule has 6 nitrogen and oxygen atoms in total. The van der Waals surface area contributed by atoms with Crippen LogP contribution in [0.1, 0.15) is 33.6 Å². The van der Waals surface area contributed by atoms with Crippen LogP contribution in [0, 0.1) is 0 Å². The molecule has 1 unspecified atom stereocenters. The van der Waals surface area contributed by atoms with Gasteiger partial charge in [0.25, 0.3) is 0 Å². The highest BCUT2D eigenvalue weighted by atomic mass is 16.5. The zero-order chi connectivity index (χ0) is 15.1. The summed E-state index contributed by atoms with van der Waals surface area (Å²) in [7, 11) is 0. The summed E-state index contributed by atoms with van der Waals surface area (Å²) in [5.41, 5.74) is 0. The number of aliphatic carboxylic acids is 1. The van der Waals surface area contributed by atoms with E-state index in [-0.39, 0.29) is 24.5 Å². The molecule has 1 saturated heterocycles. The van der Waals surface area contributed by atoms with Crippen LogP contribution in [0.25, 0.3) is 0 Å². The normalized spacial score (nSPS) is 19.6. The molecule has 0 aromatic heterocycles. The second kappa shape index (κ2) is 8.21. The van der Waals surface area contributed by atoms with Gasteiger partial charge in [-0.05, 0) is 33.7 Å². The molecule has 116 valence electrons. The van der Waals surface area contributed by atoms with Crippen LogP contribution in [-0.2, 0) is 14.3 Å². The fourth-order valence-corrected chi connectivity index (χ4v) is 2.27. The van der Waals surface area contributed by atoms with E-state index in [0.29, 0.717) is 39.2 Å². The lowest BCUT2D eigenvalue weighted by Crippen LogP contribution is -2.49. The van der Waals surface area contributed by atoms with Gasteiger partial charge in [0.2, 0.25) is 5.91 Å². The first kappa shape index (κ1) is 16.9. The van der Waals surface area contributed by atoms with Crippen LogP contribution in [0.4, 0.5) is 0 Å². The van der Waals surface area contributed by atoms with E-state index in [1.807, 2.05) is 30.6 Å². The Hall–Kier alpha value is -1.14. The van der Waals surface area contributed by atoms with Crippen molar-refractivity contribution in [2.75, 3.05) is 32.8 Å². The number of ether oxygens (including phenoxy) is 1. The van der Waals surface area contributed by atoms with Crippen LogP contribution in [0.3, 0.4) is 0 Å². The quantitative estimate of drug-likeness (QED) is 0.750. The summed E-state index contributed by atoms with van der Waals surface area (Å²) in [5.74, 6) is -0.689. The van der Waals surface area contributed by atoms with Crippen molar-refractivity contribution in [2.24, 2.45) is 0 Å². The molecule has 0 aliphatic carbocycles. The maximum Gasteiger partial charge on any atom is 0.303 e. The van der Waals surface area contributed by atoms with Gasteiger partial charge in [-0.2, -0.15) is 0 Å². The number of amides is 1.